The number of hydrogen-bond acceptors (Lipinski definition) is 5. The van der Waals surface area contributed by atoms with Gasteiger partial charge >= 0.3 is 6.01 Å². The summed E-state index contributed by atoms with van der Waals surface area (Å²) >= 11 is 0. The summed E-state index contributed by atoms with van der Waals surface area (Å²) in [6.07, 6.45) is 3.78. The fourth-order valence-corrected chi connectivity index (χ4v) is 2.52. The minimum atomic E-state index is 0.314. The zero-order chi connectivity index (χ0) is 15.4. The fourth-order valence-electron chi connectivity index (χ4n) is 2.52. The Morgan fingerprint density at radius 3 is 2.73 bits per heavy atom. The van der Waals surface area contributed by atoms with Crippen molar-refractivity contribution in [2.24, 2.45) is 0 Å². The predicted octanol–water partition coefficient (Wildman–Crippen LogP) is 2.27. The van der Waals surface area contributed by atoms with Crippen molar-refractivity contribution in [2.45, 2.75) is 12.8 Å². The molecule has 5 heteroatoms. The molecule has 0 saturated heterocycles. The van der Waals surface area contributed by atoms with Gasteiger partial charge in [-0.1, -0.05) is 36.4 Å². The molecule has 22 heavy (non-hydrogen) atoms. The number of methoxy groups -OCH3 is 1. The van der Waals surface area contributed by atoms with Crippen molar-refractivity contribution in [3.63, 3.8) is 0 Å². The zero-order valence-electron chi connectivity index (χ0n) is 12.6. The second-order valence-corrected chi connectivity index (χ2v) is 5.16. The number of nitrogen functional groups attached to an aromatic ring is 1. The van der Waals surface area contributed by atoms with Gasteiger partial charge in [0.05, 0.1) is 12.3 Å². The average Bonchev–Trinajstić information content (AvgIpc) is 2.92. The van der Waals surface area contributed by atoms with Crippen LogP contribution in [0.5, 0.6) is 6.01 Å². The van der Waals surface area contributed by atoms with Crippen molar-refractivity contribution >= 4 is 11.4 Å². The van der Waals surface area contributed by atoms with Crippen LogP contribution >= 0.6 is 0 Å². The standard InChI is InChI=1S/C17H19N3O2/c1-21-9-10-22-17-19-15-13(7-8-14(15)16(18)20-17)11-12-5-3-2-4-6-12/h2-7H,8-11H2,1H3,(H2,18,19,20). The second-order valence-electron chi connectivity index (χ2n) is 5.16. The number of anilines is 1. The number of aromatic nitrogens is 2. The van der Waals surface area contributed by atoms with Crippen molar-refractivity contribution in [3.8, 4) is 6.01 Å². The minimum Gasteiger partial charge on any atom is -0.461 e. The quantitative estimate of drug-likeness (QED) is 0.828. The summed E-state index contributed by atoms with van der Waals surface area (Å²) in [5.74, 6) is 0.497. The highest BCUT2D eigenvalue weighted by molar-refractivity contribution is 5.75. The number of benzene rings is 1. The van der Waals surface area contributed by atoms with E-state index in [2.05, 4.69) is 28.2 Å². The Balaban J connectivity index is 1.81. The number of rotatable bonds is 6. The van der Waals surface area contributed by atoms with Gasteiger partial charge in [-0.2, -0.15) is 9.97 Å². The van der Waals surface area contributed by atoms with Crippen LogP contribution in [0.25, 0.3) is 5.57 Å². The Morgan fingerprint density at radius 2 is 1.95 bits per heavy atom. The van der Waals surface area contributed by atoms with Gasteiger partial charge in [-0.05, 0) is 24.0 Å². The van der Waals surface area contributed by atoms with E-state index in [0.717, 1.165) is 24.1 Å². The van der Waals surface area contributed by atoms with Gasteiger partial charge in [0.15, 0.2) is 0 Å². The van der Waals surface area contributed by atoms with Gasteiger partial charge in [0.1, 0.15) is 12.4 Å². The van der Waals surface area contributed by atoms with E-state index in [1.54, 1.807) is 7.11 Å². The first kappa shape index (κ1) is 14.5. The molecule has 3 rings (SSSR count). The Bertz CT molecular complexity index is 684. The summed E-state index contributed by atoms with van der Waals surface area (Å²) in [5.41, 5.74) is 10.4. The van der Waals surface area contributed by atoms with Gasteiger partial charge in [-0.3, -0.25) is 0 Å². The molecule has 1 aromatic carbocycles. The van der Waals surface area contributed by atoms with E-state index >= 15 is 0 Å². The van der Waals surface area contributed by atoms with Gasteiger partial charge in [-0.25, -0.2) is 0 Å². The van der Waals surface area contributed by atoms with E-state index in [4.69, 9.17) is 15.2 Å². The topological polar surface area (TPSA) is 70.3 Å². The molecule has 1 aromatic heterocycles. The number of allylic oxidation sites excluding steroid dienone is 2. The normalized spacial score (nSPS) is 12.9. The molecule has 2 N–H and O–H groups in total. The highest BCUT2D eigenvalue weighted by Crippen LogP contribution is 2.32. The molecule has 114 valence electrons. The first-order chi connectivity index (χ1) is 10.8. The SMILES string of the molecule is COCCOc1nc(N)c2c(n1)C(Cc1ccccc1)=CC2. The monoisotopic (exact) mass is 297 g/mol. The zero-order valence-corrected chi connectivity index (χ0v) is 12.6. The van der Waals surface area contributed by atoms with E-state index in [1.807, 2.05) is 18.2 Å². The van der Waals surface area contributed by atoms with Gasteiger partial charge in [0.2, 0.25) is 0 Å². The number of hydrogen-bond donors (Lipinski definition) is 1. The van der Waals surface area contributed by atoms with E-state index < -0.39 is 0 Å². The van der Waals surface area contributed by atoms with Gasteiger partial charge in [-0.15, -0.1) is 0 Å². The van der Waals surface area contributed by atoms with E-state index in [0.29, 0.717) is 25.0 Å². The van der Waals surface area contributed by atoms with Crippen molar-refractivity contribution in [1.82, 2.24) is 9.97 Å². The van der Waals surface area contributed by atoms with E-state index in [9.17, 15) is 0 Å². The number of nitrogens with zero attached hydrogens (tertiary/aromatic N) is 2. The van der Waals surface area contributed by atoms with E-state index in [1.165, 1.54) is 11.1 Å². The maximum atomic E-state index is 6.04. The van der Waals surface area contributed by atoms with Crippen molar-refractivity contribution in [2.75, 3.05) is 26.1 Å². The molecule has 0 aliphatic heterocycles. The lowest BCUT2D eigenvalue weighted by Gasteiger charge is -2.10. The molecule has 0 spiro atoms. The molecular formula is C17H19N3O2. The van der Waals surface area contributed by atoms with Crippen LogP contribution in [0.2, 0.25) is 0 Å². The molecule has 1 aliphatic rings. The lowest BCUT2D eigenvalue weighted by Crippen LogP contribution is -2.10. The molecule has 5 nitrogen and oxygen atoms in total. The molecule has 0 radical (unpaired) electrons. The predicted molar refractivity (Wildman–Crippen MR) is 85.6 cm³/mol. The number of ether oxygens (including phenoxy) is 2. The molecule has 0 atom stereocenters. The van der Waals surface area contributed by atoms with Crippen LogP contribution < -0.4 is 10.5 Å². The van der Waals surface area contributed by atoms with Gasteiger partial charge < -0.3 is 15.2 Å². The summed E-state index contributed by atoms with van der Waals surface area (Å²) in [5, 5.41) is 0. The van der Waals surface area contributed by atoms with Crippen molar-refractivity contribution < 1.29 is 9.47 Å². The molecule has 1 heterocycles. The molecule has 0 amide bonds. The van der Waals surface area contributed by atoms with Gasteiger partial charge in [0, 0.05) is 12.7 Å². The molecule has 1 aliphatic carbocycles. The first-order valence-corrected chi connectivity index (χ1v) is 7.29. The molecule has 0 saturated carbocycles. The largest absolute Gasteiger partial charge is 0.461 e. The van der Waals surface area contributed by atoms with Gasteiger partial charge in [0.25, 0.3) is 0 Å². The Labute approximate surface area is 129 Å². The maximum absolute atomic E-state index is 6.04. The third-order valence-corrected chi connectivity index (χ3v) is 3.63. The molecule has 0 fully saturated rings. The molecule has 0 bridgehead atoms. The maximum Gasteiger partial charge on any atom is 0.319 e. The van der Waals surface area contributed by atoms with Crippen LogP contribution in [0.3, 0.4) is 0 Å². The summed E-state index contributed by atoms with van der Waals surface area (Å²) in [6, 6.07) is 10.6. The smallest absolute Gasteiger partial charge is 0.319 e. The summed E-state index contributed by atoms with van der Waals surface area (Å²) in [4.78, 5) is 8.74. The minimum absolute atomic E-state index is 0.314. The summed E-state index contributed by atoms with van der Waals surface area (Å²) in [7, 11) is 1.63. The van der Waals surface area contributed by atoms with Crippen molar-refractivity contribution in [1.29, 1.82) is 0 Å². The summed E-state index contributed by atoms with van der Waals surface area (Å²) in [6.45, 7) is 0.902. The van der Waals surface area contributed by atoms with Crippen LogP contribution in [0.4, 0.5) is 5.82 Å². The van der Waals surface area contributed by atoms with Crippen LogP contribution in [-0.2, 0) is 17.6 Å². The second kappa shape index (κ2) is 6.58. The number of fused-ring (bicyclic) bond motifs is 1. The molecule has 2 aromatic rings. The lowest BCUT2D eigenvalue weighted by molar-refractivity contribution is 0.141. The number of nitrogens with two attached hydrogens (primary N) is 1. The highest BCUT2D eigenvalue weighted by atomic mass is 16.5. The summed E-state index contributed by atoms with van der Waals surface area (Å²) < 4.78 is 10.5. The average molecular weight is 297 g/mol. The van der Waals surface area contributed by atoms with E-state index in [-0.39, 0.29) is 0 Å². The fraction of sp³-hybridized carbons (Fsp3) is 0.294. The Morgan fingerprint density at radius 1 is 1.14 bits per heavy atom. The van der Waals surface area contributed by atoms with Crippen LogP contribution in [0.1, 0.15) is 16.8 Å². The van der Waals surface area contributed by atoms with Crippen LogP contribution in [0, 0.1) is 0 Å². The highest BCUT2D eigenvalue weighted by Gasteiger charge is 2.21. The van der Waals surface area contributed by atoms with Crippen LogP contribution in [-0.4, -0.2) is 30.3 Å². The third-order valence-electron chi connectivity index (χ3n) is 3.63. The Hall–Kier alpha value is -2.40. The Kier molecular flexibility index (Phi) is 4.34. The molecular weight excluding hydrogens is 278 g/mol. The van der Waals surface area contributed by atoms with Crippen LogP contribution in [0.15, 0.2) is 36.4 Å². The third kappa shape index (κ3) is 3.09. The van der Waals surface area contributed by atoms with Crippen molar-refractivity contribution in [3.05, 3.63) is 53.2 Å². The first-order valence-electron chi connectivity index (χ1n) is 7.29. The molecule has 0 unspecified atom stereocenters. The lowest BCUT2D eigenvalue weighted by atomic mass is 10.0.